The van der Waals surface area contributed by atoms with Crippen molar-refractivity contribution < 1.29 is 24.1 Å². The number of pyridine rings is 2. The van der Waals surface area contributed by atoms with E-state index in [2.05, 4.69) is 16.0 Å². The van der Waals surface area contributed by atoms with Crippen molar-refractivity contribution in [1.82, 2.24) is 29.0 Å². The fourth-order valence-corrected chi connectivity index (χ4v) is 5.15. The summed E-state index contributed by atoms with van der Waals surface area (Å²) in [5.41, 5.74) is 4.46. The van der Waals surface area contributed by atoms with Gasteiger partial charge in [0.25, 0.3) is 0 Å². The van der Waals surface area contributed by atoms with Crippen LogP contribution in [0.3, 0.4) is 0 Å². The average Bonchev–Trinajstić information content (AvgIpc) is 3.49. The summed E-state index contributed by atoms with van der Waals surface area (Å²) in [6.45, 7) is 4.49. The van der Waals surface area contributed by atoms with E-state index in [-0.39, 0.29) is 12.6 Å². The van der Waals surface area contributed by atoms with Crippen LogP contribution in [0.25, 0.3) is 16.8 Å². The summed E-state index contributed by atoms with van der Waals surface area (Å²) in [6, 6.07) is 8.66. The number of imidazole rings is 1. The number of aliphatic hydroxyl groups is 1. The Morgan fingerprint density at radius 2 is 2.03 bits per heavy atom. The molecule has 202 valence electrons. The fourth-order valence-electron chi connectivity index (χ4n) is 5.15. The highest BCUT2D eigenvalue weighted by Gasteiger charge is 2.28. The SMILES string of the molecule is Cc1c(-c2cc(OC(C)c3ccc(F)cn3)n3c(C#N)cnc3c2)c(CCO)nn1C1CCN(C(=O)O)CC1. The first kappa shape index (κ1) is 26.1. The van der Waals surface area contributed by atoms with Crippen molar-refractivity contribution in [2.45, 2.75) is 45.3 Å². The zero-order valence-corrected chi connectivity index (χ0v) is 21.6. The van der Waals surface area contributed by atoms with Crippen molar-refractivity contribution in [3.05, 3.63) is 65.3 Å². The Bertz CT molecular complexity index is 1550. The molecule has 1 unspecified atom stereocenters. The lowest BCUT2D eigenvalue weighted by Crippen LogP contribution is -2.38. The van der Waals surface area contributed by atoms with Crippen LogP contribution in [-0.2, 0) is 6.42 Å². The van der Waals surface area contributed by atoms with E-state index in [9.17, 15) is 24.7 Å². The molecule has 2 N–H and O–H groups in total. The molecular formula is C27H28FN7O4. The van der Waals surface area contributed by atoms with Crippen LogP contribution < -0.4 is 4.74 Å². The second kappa shape index (κ2) is 10.7. The Morgan fingerprint density at radius 1 is 1.26 bits per heavy atom. The van der Waals surface area contributed by atoms with E-state index in [4.69, 9.17) is 9.84 Å². The molecule has 1 atom stereocenters. The number of hydrogen-bond donors (Lipinski definition) is 2. The molecular weight excluding hydrogens is 505 g/mol. The second-order valence-electron chi connectivity index (χ2n) is 9.52. The van der Waals surface area contributed by atoms with Crippen LogP contribution in [0.15, 0.2) is 36.7 Å². The van der Waals surface area contributed by atoms with E-state index in [0.717, 1.165) is 23.0 Å². The summed E-state index contributed by atoms with van der Waals surface area (Å²) in [5, 5.41) is 33.6. The van der Waals surface area contributed by atoms with Crippen molar-refractivity contribution in [3.8, 4) is 23.1 Å². The first-order valence-corrected chi connectivity index (χ1v) is 12.7. The van der Waals surface area contributed by atoms with Gasteiger partial charge >= 0.3 is 6.09 Å². The van der Waals surface area contributed by atoms with Crippen LogP contribution in [0, 0.1) is 24.1 Å². The van der Waals surface area contributed by atoms with Gasteiger partial charge in [-0.1, -0.05) is 0 Å². The number of hydrogen-bond acceptors (Lipinski definition) is 7. The number of amides is 1. The number of carbonyl (C=O) groups is 1. The van der Waals surface area contributed by atoms with Gasteiger partial charge in [-0.15, -0.1) is 0 Å². The van der Waals surface area contributed by atoms with Gasteiger partial charge in [0.15, 0.2) is 0 Å². The molecule has 0 radical (unpaired) electrons. The summed E-state index contributed by atoms with van der Waals surface area (Å²) in [4.78, 5) is 21.3. The maximum absolute atomic E-state index is 13.4. The van der Waals surface area contributed by atoms with Crippen molar-refractivity contribution >= 4 is 11.7 Å². The first-order chi connectivity index (χ1) is 18.8. The standard InChI is InChI=1S/C27H28FN7O4/c1-16-26(23(7-10-36)32-35(16)20-5-8-33(9-6-20)27(37)38)18-11-24-31-15-21(13-29)34(24)25(12-18)39-17(2)22-4-3-19(28)14-30-22/h3-4,11-12,14-15,17,20,36H,5-10H2,1-2H3,(H,37,38). The zero-order valence-electron chi connectivity index (χ0n) is 21.6. The number of nitrogens with zero attached hydrogens (tertiary/aromatic N) is 7. The molecule has 1 saturated heterocycles. The summed E-state index contributed by atoms with van der Waals surface area (Å²) in [7, 11) is 0. The van der Waals surface area contributed by atoms with Crippen LogP contribution in [0.5, 0.6) is 5.88 Å². The Kier molecular flexibility index (Phi) is 7.17. The molecule has 0 aliphatic carbocycles. The Hall–Kier alpha value is -4.50. The smallest absolute Gasteiger partial charge is 0.407 e. The van der Waals surface area contributed by atoms with Crippen molar-refractivity contribution in [2.75, 3.05) is 19.7 Å². The molecule has 1 aliphatic heterocycles. The normalized spacial score (nSPS) is 14.9. The monoisotopic (exact) mass is 533 g/mol. The van der Waals surface area contributed by atoms with Crippen LogP contribution in [0.4, 0.5) is 9.18 Å². The van der Waals surface area contributed by atoms with E-state index in [1.165, 1.54) is 17.2 Å². The average molecular weight is 534 g/mol. The van der Waals surface area contributed by atoms with E-state index in [1.807, 2.05) is 17.7 Å². The summed E-state index contributed by atoms with van der Waals surface area (Å²) in [6.07, 6.45) is 2.70. The number of piperidine rings is 1. The van der Waals surface area contributed by atoms with Crippen molar-refractivity contribution in [3.63, 3.8) is 0 Å². The third-order valence-electron chi connectivity index (χ3n) is 7.09. The molecule has 5 rings (SSSR count). The maximum atomic E-state index is 13.4. The van der Waals surface area contributed by atoms with Crippen LogP contribution in [0.2, 0.25) is 0 Å². The number of carboxylic acid groups (broad SMARTS) is 1. The van der Waals surface area contributed by atoms with Gasteiger partial charge in [-0.25, -0.2) is 14.2 Å². The number of aliphatic hydroxyl groups excluding tert-OH is 1. The molecule has 1 amide bonds. The number of ether oxygens (including phenoxy) is 1. The number of nitriles is 1. The fraction of sp³-hybridized carbons (Fsp3) is 0.370. The zero-order chi connectivity index (χ0) is 27.7. The molecule has 4 aromatic heterocycles. The Labute approximate surface area is 223 Å². The highest BCUT2D eigenvalue weighted by molar-refractivity contribution is 5.74. The molecule has 5 heterocycles. The maximum Gasteiger partial charge on any atom is 0.407 e. The molecule has 1 fully saturated rings. The van der Waals surface area contributed by atoms with Gasteiger partial charge in [-0.2, -0.15) is 10.4 Å². The Morgan fingerprint density at radius 3 is 2.67 bits per heavy atom. The predicted octanol–water partition coefficient (Wildman–Crippen LogP) is 3.90. The quantitative estimate of drug-likeness (QED) is 0.364. The first-order valence-electron chi connectivity index (χ1n) is 12.7. The predicted molar refractivity (Wildman–Crippen MR) is 138 cm³/mol. The molecule has 11 nitrogen and oxygen atoms in total. The minimum atomic E-state index is -0.922. The van der Waals surface area contributed by atoms with E-state index in [1.54, 1.807) is 23.5 Å². The highest BCUT2D eigenvalue weighted by Crippen LogP contribution is 2.36. The number of likely N-dealkylation sites (tertiary alicyclic amines) is 1. The van der Waals surface area contributed by atoms with E-state index < -0.39 is 18.0 Å². The molecule has 39 heavy (non-hydrogen) atoms. The van der Waals surface area contributed by atoms with Gasteiger partial charge in [0.2, 0.25) is 5.88 Å². The summed E-state index contributed by atoms with van der Waals surface area (Å²) >= 11 is 0. The number of rotatable bonds is 7. The highest BCUT2D eigenvalue weighted by atomic mass is 19.1. The minimum absolute atomic E-state index is 0.0208. The largest absolute Gasteiger partial charge is 0.469 e. The molecule has 0 bridgehead atoms. The third-order valence-corrected chi connectivity index (χ3v) is 7.09. The molecule has 4 aromatic rings. The van der Waals surface area contributed by atoms with E-state index in [0.29, 0.717) is 61.0 Å². The summed E-state index contributed by atoms with van der Waals surface area (Å²) in [5.74, 6) is -0.0960. The minimum Gasteiger partial charge on any atom is -0.469 e. The molecule has 0 aromatic carbocycles. The number of halogens is 1. The Balaban J connectivity index is 1.57. The molecule has 12 heteroatoms. The topological polar surface area (TPSA) is 142 Å². The van der Waals surface area contributed by atoms with Gasteiger partial charge in [-0.3, -0.25) is 14.1 Å². The van der Waals surface area contributed by atoms with Crippen LogP contribution >= 0.6 is 0 Å². The van der Waals surface area contributed by atoms with Crippen molar-refractivity contribution in [1.29, 1.82) is 5.26 Å². The van der Waals surface area contributed by atoms with Gasteiger partial charge in [0, 0.05) is 43.4 Å². The van der Waals surface area contributed by atoms with Crippen LogP contribution in [0.1, 0.15) is 54.7 Å². The van der Waals surface area contributed by atoms with Crippen LogP contribution in [-0.4, -0.2) is 65.1 Å². The van der Waals surface area contributed by atoms with Gasteiger partial charge in [0.05, 0.1) is 29.8 Å². The van der Waals surface area contributed by atoms with Crippen molar-refractivity contribution in [2.24, 2.45) is 0 Å². The lowest BCUT2D eigenvalue weighted by molar-refractivity contribution is 0.123. The molecule has 0 spiro atoms. The third kappa shape index (κ3) is 5.00. The lowest BCUT2D eigenvalue weighted by atomic mass is 10.0. The number of fused-ring (bicyclic) bond motifs is 1. The lowest BCUT2D eigenvalue weighted by Gasteiger charge is -2.30. The molecule has 1 aliphatic rings. The van der Waals surface area contributed by atoms with Gasteiger partial charge < -0.3 is 19.8 Å². The summed E-state index contributed by atoms with van der Waals surface area (Å²) < 4.78 is 23.2. The molecule has 0 saturated carbocycles. The second-order valence-corrected chi connectivity index (χ2v) is 9.52. The van der Waals surface area contributed by atoms with Gasteiger partial charge in [0.1, 0.15) is 29.3 Å². The number of aromatic nitrogens is 5. The van der Waals surface area contributed by atoms with E-state index >= 15 is 0 Å². The van der Waals surface area contributed by atoms with Gasteiger partial charge in [-0.05, 0) is 50.5 Å².